The lowest BCUT2D eigenvalue weighted by atomic mass is 10.1. The van der Waals surface area contributed by atoms with E-state index in [-0.39, 0.29) is 5.92 Å². The van der Waals surface area contributed by atoms with Crippen LogP contribution in [0.15, 0.2) is 22.8 Å². The Labute approximate surface area is 119 Å². The second-order valence-electron chi connectivity index (χ2n) is 4.12. The van der Waals surface area contributed by atoms with Crippen LogP contribution in [0.3, 0.4) is 0 Å². The molecule has 94 valence electrons. The number of pyridine rings is 1. The fourth-order valence-electron chi connectivity index (χ4n) is 1.52. The molecule has 6 heteroatoms. The van der Waals surface area contributed by atoms with Crippen LogP contribution in [0, 0.1) is 0 Å². The average molecular weight is 328 g/mol. The summed E-state index contributed by atoms with van der Waals surface area (Å²) in [6.07, 6.45) is 1.65. The van der Waals surface area contributed by atoms with Crippen molar-refractivity contribution in [1.82, 2.24) is 15.0 Å². The zero-order valence-electron chi connectivity index (χ0n) is 9.98. The highest BCUT2D eigenvalue weighted by Crippen LogP contribution is 2.30. The van der Waals surface area contributed by atoms with Gasteiger partial charge >= 0.3 is 0 Å². The third-order valence-electron chi connectivity index (χ3n) is 2.42. The predicted octanol–water partition coefficient (Wildman–Crippen LogP) is 3.66. The molecule has 0 aliphatic heterocycles. The molecule has 2 rings (SSSR count). The molecule has 0 saturated carbocycles. The van der Waals surface area contributed by atoms with E-state index in [0.717, 1.165) is 10.2 Å². The molecule has 0 atom stereocenters. The highest BCUT2D eigenvalue weighted by atomic mass is 79.9. The highest BCUT2D eigenvalue weighted by molar-refractivity contribution is 9.10. The van der Waals surface area contributed by atoms with Crippen LogP contribution in [0.25, 0.3) is 11.5 Å². The first kappa shape index (κ1) is 13.2. The molecule has 2 heterocycles. The van der Waals surface area contributed by atoms with Crippen molar-refractivity contribution in [3.63, 3.8) is 0 Å². The molecule has 0 fully saturated rings. The molecule has 2 aromatic rings. The lowest BCUT2D eigenvalue weighted by molar-refractivity contribution is 0.810. The summed E-state index contributed by atoms with van der Waals surface area (Å²) in [6.45, 7) is 4.08. The molecular weight excluding hydrogens is 316 g/mol. The van der Waals surface area contributed by atoms with Gasteiger partial charge in [0.15, 0.2) is 5.82 Å². The van der Waals surface area contributed by atoms with Gasteiger partial charge in [-0.3, -0.25) is 4.98 Å². The van der Waals surface area contributed by atoms with Gasteiger partial charge in [-0.2, -0.15) is 0 Å². The maximum Gasteiger partial charge on any atom is 0.182 e. The molecule has 0 bridgehead atoms. The number of hydrogen-bond donors (Lipinski definition) is 1. The van der Waals surface area contributed by atoms with Gasteiger partial charge in [-0.25, -0.2) is 9.97 Å². The van der Waals surface area contributed by atoms with E-state index in [1.165, 1.54) is 0 Å². The molecule has 2 aromatic heterocycles. The first-order valence-corrected chi connectivity index (χ1v) is 6.61. The maximum absolute atomic E-state index is 6.09. The first-order chi connectivity index (χ1) is 8.50. The van der Waals surface area contributed by atoms with Crippen LogP contribution in [0.2, 0.25) is 5.02 Å². The number of anilines is 1. The van der Waals surface area contributed by atoms with Crippen molar-refractivity contribution in [1.29, 1.82) is 0 Å². The molecule has 0 aliphatic carbocycles. The molecule has 0 spiro atoms. The van der Waals surface area contributed by atoms with Crippen LogP contribution < -0.4 is 5.73 Å². The highest BCUT2D eigenvalue weighted by Gasteiger charge is 2.16. The van der Waals surface area contributed by atoms with Crippen LogP contribution >= 0.6 is 27.5 Å². The van der Waals surface area contributed by atoms with Crippen molar-refractivity contribution in [2.24, 2.45) is 0 Å². The number of rotatable bonds is 2. The molecule has 0 unspecified atom stereocenters. The van der Waals surface area contributed by atoms with Gasteiger partial charge in [-0.15, -0.1) is 0 Å². The minimum Gasteiger partial charge on any atom is -0.383 e. The fourth-order valence-corrected chi connectivity index (χ4v) is 2.36. The van der Waals surface area contributed by atoms with Crippen molar-refractivity contribution in [2.75, 3.05) is 5.73 Å². The van der Waals surface area contributed by atoms with Crippen LogP contribution in [-0.2, 0) is 0 Å². The Morgan fingerprint density at radius 3 is 2.67 bits per heavy atom. The summed E-state index contributed by atoms with van der Waals surface area (Å²) in [6, 6.07) is 3.51. The largest absolute Gasteiger partial charge is 0.383 e. The lowest BCUT2D eigenvalue weighted by Crippen LogP contribution is -2.05. The minimum absolute atomic E-state index is 0.228. The van der Waals surface area contributed by atoms with Gasteiger partial charge in [0.2, 0.25) is 0 Å². The second-order valence-corrected chi connectivity index (χ2v) is 5.32. The average Bonchev–Trinajstić information content (AvgIpc) is 2.33. The monoisotopic (exact) mass is 326 g/mol. The number of nitrogens with two attached hydrogens (primary N) is 1. The topological polar surface area (TPSA) is 64.7 Å². The minimum atomic E-state index is 0.228. The maximum atomic E-state index is 6.09. The van der Waals surface area contributed by atoms with E-state index in [1.807, 2.05) is 13.8 Å². The van der Waals surface area contributed by atoms with Gasteiger partial charge in [0.05, 0.1) is 15.2 Å². The van der Waals surface area contributed by atoms with E-state index in [9.17, 15) is 0 Å². The zero-order chi connectivity index (χ0) is 13.3. The summed E-state index contributed by atoms with van der Waals surface area (Å²) < 4.78 is 0.730. The summed E-state index contributed by atoms with van der Waals surface area (Å²) in [4.78, 5) is 12.9. The second kappa shape index (κ2) is 5.20. The summed E-state index contributed by atoms with van der Waals surface area (Å²) in [5.41, 5.74) is 7.27. The van der Waals surface area contributed by atoms with Crippen LogP contribution in [0.1, 0.15) is 25.5 Å². The van der Waals surface area contributed by atoms with E-state index in [1.54, 1.807) is 18.3 Å². The van der Waals surface area contributed by atoms with Gasteiger partial charge in [-0.05, 0) is 34.0 Å². The summed E-state index contributed by atoms with van der Waals surface area (Å²) >= 11 is 9.49. The molecule has 4 nitrogen and oxygen atoms in total. The fraction of sp³-hybridized carbons (Fsp3) is 0.250. The molecule has 18 heavy (non-hydrogen) atoms. The summed E-state index contributed by atoms with van der Waals surface area (Å²) in [5, 5.41) is 0.508. The Balaban J connectivity index is 2.63. The van der Waals surface area contributed by atoms with E-state index in [4.69, 9.17) is 17.3 Å². The molecule has 2 N–H and O–H groups in total. The standard InChI is InChI=1S/C12H12BrClN4/c1-6(2)9-8(13)11(15)18-12(17-9)10-7(14)4-3-5-16-10/h3-6H,1-2H3,(H2,15,17,18). The van der Waals surface area contributed by atoms with Crippen LogP contribution in [0.4, 0.5) is 5.82 Å². The third-order valence-corrected chi connectivity index (χ3v) is 3.54. The lowest BCUT2D eigenvalue weighted by Gasteiger charge is -2.11. The van der Waals surface area contributed by atoms with Crippen molar-refractivity contribution in [3.8, 4) is 11.5 Å². The van der Waals surface area contributed by atoms with Crippen molar-refractivity contribution in [3.05, 3.63) is 33.5 Å². The quantitative estimate of drug-likeness (QED) is 0.914. The van der Waals surface area contributed by atoms with E-state index in [2.05, 4.69) is 30.9 Å². The number of nitrogens with zero attached hydrogens (tertiary/aromatic N) is 3. The zero-order valence-corrected chi connectivity index (χ0v) is 12.3. The third kappa shape index (κ3) is 2.47. The summed E-state index contributed by atoms with van der Waals surface area (Å²) in [7, 11) is 0. The SMILES string of the molecule is CC(C)c1nc(-c2ncccc2Cl)nc(N)c1Br. The molecule has 0 amide bonds. The van der Waals surface area contributed by atoms with E-state index < -0.39 is 0 Å². The van der Waals surface area contributed by atoms with E-state index >= 15 is 0 Å². The Hall–Kier alpha value is -1.20. The molecule has 0 aliphatic rings. The summed E-state index contributed by atoms with van der Waals surface area (Å²) in [5.74, 6) is 1.07. The van der Waals surface area contributed by atoms with Gasteiger partial charge in [0, 0.05) is 6.20 Å². The first-order valence-electron chi connectivity index (χ1n) is 5.44. The van der Waals surface area contributed by atoms with Crippen molar-refractivity contribution >= 4 is 33.3 Å². The Morgan fingerprint density at radius 2 is 2.06 bits per heavy atom. The smallest absolute Gasteiger partial charge is 0.182 e. The number of halogens is 2. The van der Waals surface area contributed by atoms with Crippen molar-refractivity contribution < 1.29 is 0 Å². The Bertz CT molecular complexity index is 586. The molecule has 0 saturated heterocycles. The van der Waals surface area contributed by atoms with Crippen LogP contribution in [-0.4, -0.2) is 15.0 Å². The predicted molar refractivity (Wildman–Crippen MR) is 76.5 cm³/mol. The Kier molecular flexibility index (Phi) is 3.82. The number of nitrogen functional groups attached to an aromatic ring is 1. The Morgan fingerprint density at radius 1 is 1.33 bits per heavy atom. The van der Waals surface area contributed by atoms with Crippen molar-refractivity contribution in [2.45, 2.75) is 19.8 Å². The normalized spacial score (nSPS) is 10.9. The van der Waals surface area contributed by atoms with Gasteiger partial charge in [-0.1, -0.05) is 25.4 Å². The number of aromatic nitrogens is 3. The van der Waals surface area contributed by atoms with Crippen LogP contribution in [0.5, 0.6) is 0 Å². The number of hydrogen-bond acceptors (Lipinski definition) is 4. The molecular formula is C12H12BrClN4. The molecule has 0 radical (unpaired) electrons. The van der Waals surface area contributed by atoms with Gasteiger partial charge in [0.25, 0.3) is 0 Å². The van der Waals surface area contributed by atoms with E-state index in [0.29, 0.717) is 22.4 Å². The van der Waals surface area contributed by atoms with Gasteiger partial charge in [0.1, 0.15) is 11.5 Å². The van der Waals surface area contributed by atoms with Gasteiger partial charge < -0.3 is 5.73 Å². The molecule has 0 aromatic carbocycles.